The molecule has 2 N–H and O–H groups in total. The first-order chi connectivity index (χ1) is 13.3. The van der Waals surface area contributed by atoms with Crippen molar-refractivity contribution in [3.63, 3.8) is 0 Å². The number of carbonyl (C=O) groups excluding carboxylic acids is 2. The number of benzene rings is 2. The van der Waals surface area contributed by atoms with Crippen LogP contribution in [-0.2, 0) is 17.6 Å². The van der Waals surface area contributed by atoms with E-state index < -0.39 is 24.5 Å². The number of rotatable bonds is 6. The maximum absolute atomic E-state index is 12.2. The number of ether oxygens (including phenoxy) is 1. The van der Waals surface area contributed by atoms with Crippen LogP contribution < -0.4 is 15.4 Å². The van der Waals surface area contributed by atoms with Crippen LogP contribution in [0.3, 0.4) is 0 Å². The van der Waals surface area contributed by atoms with Crippen molar-refractivity contribution in [2.75, 3.05) is 18.5 Å². The van der Waals surface area contributed by atoms with Crippen LogP contribution in [0.5, 0.6) is 5.75 Å². The normalized spacial score (nSPS) is 13.0. The molecule has 0 saturated carbocycles. The van der Waals surface area contributed by atoms with Crippen molar-refractivity contribution in [1.82, 2.24) is 5.32 Å². The summed E-state index contributed by atoms with van der Waals surface area (Å²) >= 11 is 0. The molecule has 0 saturated heterocycles. The number of halogens is 3. The summed E-state index contributed by atoms with van der Waals surface area (Å²) in [5.74, 6) is -0.702. The van der Waals surface area contributed by atoms with Gasteiger partial charge in [-0.1, -0.05) is 12.1 Å². The molecule has 0 heterocycles. The van der Waals surface area contributed by atoms with E-state index in [0.29, 0.717) is 11.4 Å². The summed E-state index contributed by atoms with van der Waals surface area (Å²) in [5.41, 5.74) is 2.84. The first-order valence-electron chi connectivity index (χ1n) is 8.80. The number of hydrogen-bond acceptors (Lipinski definition) is 3. The Morgan fingerprint density at radius 1 is 1.04 bits per heavy atom. The molecule has 0 atom stereocenters. The number of fused-ring (bicyclic) bond motifs is 1. The molecule has 0 fully saturated rings. The monoisotopic (exact) mass is 392 g/mol. The zero-order valence-corrected chi connectivity index (χ0v) is 14.9. The van der Waals surface area contributed by atoms with Gasteiger partial charge in [0, 0.05) is 11.3 Å². The minimum atomic E-state index is -4.49. The largest absolute Gasteiger partial charge is 0.484 e. The van der Waals surface area contributed by atoms with Gasteiger partial charge in [-0.3, -0.25) is 9.59 Å². The molecule has 0 spiro atoms. The maximum atomic E-state index is 12.2. The lowest BCUT2D eigenvalue weighted by Gasteiger charge is -2.11. The lowest BCUT2D eigenvalue weighted by molar-refractivity contribution is -0.123. The van der Waals surface area contributed by atoms with Crippen molar-refractivity contribution in [3.05, 3.63) is 59.2 Å². The fourth-order valence-corrected chi connectivity index (χ4v) is 3.00. The fraction of sp³-hybridized carbons (Fsp3) is 0.300. The van der Waals surface area contributed by atoms with Crippen molar-refractivity contribution >= 4 is 17.5 Å². The van der Waals surface area contributed by atoms with Crippen LogP contribution in [0.1, 0.15) is 27.9 Å². The third-order valence-electron chi connectivity index (χ3n) is 4.30. The Bertz CT molecular complexity index is 881. The van der Waals surface area contributed by atoms with E-state index in [1.54, 1.807) is 5.32 Å². The van der Waals surface area contributed by atoms with Crippen LogP contribution in [0.4, 0.5) is 18.9 Å². The Balaban J connectivity index is 1.53. The Kier molecular flexibility index (Phi) is 5.87. The molecule has 0 radical (unpaired) electrons. The summed E-state index contributed by atoms with van der Waals surface area (Å²) in [6, 6.07) is 11.4. The van der Waals surface area contributed by atoms with Gasteiger partial charge < -0.3 is 15.4 Å². The number of hydrogen-bond donors (Lipinski definition) is 2. The summed E-state index contributed by atoms with van der Waals surface area (Å²) in [7, 11) is 0. The second-order valence-electron chi connectivity index (χ2n) is 6.50. The van der Waals surface area contributed by atoms with Gasteiger partial charge in [0.05, 0.1) is 0 Å². The molecule has 1 aliphatic rings. The van der Waals surface area contributed by atoms with E-state index in [0.717, 1.165) is 19.3 Å². The van der Waals surface area contributed by atoms with Gasteiger partial charge in [0.25, 0.3) is 11.8 Å². The van der Waals surface area contributed by atoms with E-state index in [9.17, 15) is 22.8 Å². The summed E-state index contributed by atoms with van der Waals surface area (Å²) in [5, 5.41) is 4.35. The number of amides is 2. The number of aryl methyl sites for hydroxylation is 2. The first-order valence-corrected chi connectivity index (χ1v) is 8.80. The molecule has 0 aromatic heterocycles. The third kappa shape index (κ3) is 5.48. The Labute approximate surface area is 159 Å². The molecule has 2 aromatic carbocycles. The summed E-state index contributed by atoms with van der Waals surface area (Å²) in [6.07, 6.45) is -1.31. The number of alkyl halides is 3. The van der Waals surface area contributed by atoms with Gasteiger partial charge in [-0.2, -0.15) is 13.2 Å². The average molecular weight is 392 g/mol. The zero-order valence-electron chi connectivity index (χ0n) is 14.9. The molecular weight excluding hydrogens is 373 g/mol. The summed E-state index contributed by atoms with van der Waals surface area (Å²) in [6.45, 7) is -1.64. The topological polar surface area (TPSA) is 67.4 Å². The predicted octanol–water partition coefficient (Wildman–Crippen LogP) is 3.48. The zero-order chi connectivity index (χ0) is 20.1. The molecule has 1 aliphatic carbocycles. The van der Waals surface area contributed by atoms with Crippen LogP contribution in [0, 0.1) is 0 Å². The average Bonchev–Trinajstić information content (AvgIpc) is 3.12. The van der Waals surface area contributed by atoms with Gasteiger partial charge in [0.2, 0.25) is 0 Å². The Morgan fingerprint density at radius 2 is 1.82 bits per heavy atom. The number of anilines is 1. The molecule has 5 nitrogen and oxygen atoms in total. The van der Waals surface area contributed by atoms with E-state index in [-0.39, 0.29) is 12.2 Å². The standard InChI is InChI=1S/C20H19F3N2O3/c21-20(22,23)12-24-19(27)15-5-2-6-16(9-15)25-18(26)11-28-17-8-7-13-3-1-4-14(13)10-17/h2,5-10H,1,3-4,11-12H2,(H,24,27)(H,25,26). The highest BCUT2D eigenvalue weighted by atomic mass is 19.4. The van der Waals surface area contributed by atoms with Crippen LogP contribution in [-0.4, -0.2) is 31.1 Å². The molecule has 0 aliphatic heterocycles. The lowest BCUT2D eigenvalue weighted by atomic mass is 10.1. The SMILES string of the molecule is O=C(COc1ccc2c(c1)CCC2)Nc1cccc(C(=O)NCC(F)(F)F)c1. The molecule has 2 amide bonds. The smallest absolute Gasteiger partial charge is 0.405 e. The highest BCUT2D eigenvalue weighted by Crippen LogP contribution is 2.26. The van der Waals surface area contributed by atoms with Crippen LogP contribution in [0.2, 0.25) is 0 Å². The molecule has 2 aromatic rings. The fourth-order valence-electron chi connectivity index (χ4n) is 3.00. The van der Waals surface area contributed by atoms with Gasteiger partial charge in [0.15, 0.2) is 6.61 Å². The van der Waals surface area contributed by atoms with E-state index in [2.05, 4.69) is 5.32 Å². The molecule has 3 rings (SSSR count). The van der Waals surface area contributed by atoms with Crippen LogP contribution in [0.15, 0.2) is 42.5 Å². The Hall–Kier alpha value is -3.03. The number of nitrogens with one attached hydrogen (secondary N) is 2. The molecule has 148 valence electrons. The minimum absolute atomic E-state index is 0.0154. The van der Waals surface area contributed by atoms with Crippen LogP contribution >= 0.6 is 0 Å². The van der Waals surface area contributed by atoms with E-state index in [1.165, 1.54) is 35.4 Å². The van der Waals surface area contributed by atoms with Gasteiger partial charge >= 0.3 is 6.18 Å². The van der Waals surface area contributed by atoms with Gasteiger partial charge in [-0.05, 0) is 60.7 Å². The van der Waals surface area contributed by atoms with E-state index in [1.807, 2.05) is 18.2 Å². The first kappa shape index (κ1) is 19.7. The van der Waals surface area contributed by atoms with Crippen molar-refractivity contribution in [2.45, 2.75) is 25.4 Å². The second kappa shape index (κ2) is 8.33. The minimum Gasteiger partial charge on any atom is -0.484 e. The lowest BCUT2D eigenvalue weighted by Crippen LogP contribution is -2.33. The van der Waals surface area contributed by atoms with E-state index in [4.69, 9.17) is 4.74 Å². The van der Waals surface area contributed by atoms with Crippen molar-refractivity contribution in [1.29, 1.82) is 0 Å². The number of carbonyl (C=O) groups is 2. The quantitative estimate of drug-likeness (QED) is 0.791. The molecule has 28 heavy (non-hydrogen) atoms. The third-order valence-corrected chi connectivity index (χ3v) is 4.30. The predicted molar refractivity (Wildman–Crippen MR) is 97.4 cm³/mol. The molecule has 0 bridgehead atoms. The van der Waals surface area contributed by atoms with Gasteiger partial charge in [-0.15, -0.1) is 0 Å². The van der Waals surface area contributed by atoms with Crippen molar-refractivity contribution < 1.29 is 27.5 Å². The summed E-state index contributed by atoms with van der Waals surface area (Å²) in [4.78, 5) is 23.9. The molecule has 0 unspecified atom stereocenters. The molecule has 8 heteroatoms. The van der Waals surface area contributed by atoms with E-state index >= 15 is 0 Å². The van der Waals surface area contributed by atoms with Gasteiger partial charge in [-0.25, -0.2) is 0 Å². The highest BCUT2D eigenvalue weighted by Gasteiger charge is 2.27. The van der Waals surface area contributed by atoms with Gasteiger partial charge in [0.1, 0.15) is 12.3 Å². The highest BCUT2D eigenvalue weighted by molar-refractivity contribution is 5.97. The second-order valence-corrected chi connectivity index (χ2v) is 6.50. The summed E-state index contributed by atoms with van der Waals surface area (Å²) < 4.78 is 42.1. The molecular formula is C20H19F3N2O3. The maximum Gasteiger partial charge on any atom is 0.405 e. The van der Waals surface area contributed by atoms with Crippen LogP contribution in [0.25, 0.3) is 0 Å². The van der Waals surface area contributed by atoms with Crippen molar-refractivity contribution in [3.8, 4) is 5.75 Å². The Morgan fingerprint density at radius 3 is 2.61 bits per heavy atom. The van der Waals surface area contributed by atoms with Crippen molar-refractivity contribution in [2.24, 2.45) is 0 Å².